The maximum absolute atomic E-state index is 9.74. The zero-order valence-electron chi connectivity index (χ0n) is 10.8. The number of phenolic OH excluding ortho intramolecular Hbond substituents is 2. The number of fused-ring (bicyclic) bond motifs is 5. The van der Waals surface area contributed by atoms with E-state index in [0.717, 1.165) is 16.2 Å². The van der Waals surface area contributed by atoms with Gasteiger partial charge in [0.15, 0.2) is 5.58 Å². The van der Waals surface area contributed by atoms with E-state index in [1.54, 1.807) is 24.3 Å². The van der Waals surface area contributed by atoms with Crippen LogP contribution in [0.25, 0.3) is 32.7 Å². The standard InChI is InChI=1S/C17H9NO3/c18-8-10-5-12(20)7-15-13-4-2-9-1-3-11(19)6-14(9)17(13)21-16(10)15/h1-7,19-20H. The van der Waals surface area contributed by atoms with Gasteiger partial charge in [-0.1, -0.05) is 12.1 Å². The lowest BCUT2D eigenvalue weighted by Gasteiger charge is -1.99. The minimum atomic E-state index is 0.0257. The molecule has 0 radical (unpaired) electrons. The molecule has 0 amide bonds. The van der Waals surface area contributed by atoms with Crippen molar-refractivity contribution in [3.63, 3.8) is 0 Å². The van der Waals surface area contributed by atoms with E-state index >= 15 is 0 Å². The second-order valence-corrected chi connectivity index (χ2v) is 4.93. The number of hydrogen-bond donors (Lipinski definition) is 2. The molecule has 0 aliphatic rings. The summed E-state index contributed by atoms with van der Waals surface area (Å²) in [6, 6.07) is 13.8. The third kappa shape index (κ3) is 1.55. The van der Waals surface area contributed by atoms with Crippen LogP contribution in [0.15, 0.2) is 46.9 Å². The number of aromatic hydroxyl groups is 2. The summed E-state index contributed by atoms with van der Waals surface area (Å²) in [6.07, 6.45) is 0. The van der Waals surface area contributed by atoms with Crippen LogP contribution in [0.1, 0.15) is 5.56 Å². The third-order valence-electron chi connectivity index (χ3n) is 3.64. The van der Waals surface area contributed by atoms with Crippen LogP contribution >= 0.6 is 0 Å². The molecule has 3 aromatic carbocycles. The van der Waals surface area contributed by atoms with Crippen LogP contribution in [0.3, 0.4) is 0 Å². The highest BCUT2D eigenvalue weighted by atomic mass is 16.3. The molecule has 4 rings (SSSR count). The second-order valence-electron chi connectivity index (χ2n) is 4.93. The first-order chi connectivity index (χ1) is 10.2. The molecule has 0 unspecified atom stereocenters. The number of phenols is 2. The maximum atomic E-state index is 9.74. The van der Waals surface area contributed by atoms with Gasteiger partial charge in [0.05, 0.1) is 5.56 Å². The largest absolute Gasteiger partial charge is 0.508 e. The number of nitrogens with zero attached hydrogens (tertiary/aromatic N) is 1. The molecule has 100 valence electrons. The smallest absolute Gasteiger partial charge is 0.153 e. The van der Waals surface area contributed by atoms with Crippen molar-refractivity contribution in [3.05, 3.63) is 48.0 Å². The molecule has 0 spiro atoms. The van der Waals surface area contributed by atoms with Gasteiger partial charge in [0.1, 0.15) is 23.2 Å². The summed E-state index contributed by atoms with van der Waals surface area (Å²) in [5.41, 5.74) is 1.33. The van der Waals surface area contributed by atoms with Crippen LogP contribution < -0.4 is 0 Å². The lowest BCUT2D eigenvalue weighted by molar-refractivity contribution is 0.475. The topological polar surface area (TPSA) is 77.4 Å². The van der Waals surface area contributed by atoms with E-state index in [9.17, 15) is 15.5 Å². The molecule has 0 aliphatic heterocycles. The van der Waals surface area contributed by atoms with E-state index in [4.69, 9.17) is 4.42 Å². The molecule has 4 aromatic rings. The molecular formula is C17H9NO3. The first-order valence-corrected chi connectivity index (χ1v) is 6.38. The fourth-order valence-corrected chi connectivity index (χ4v) is 2.71. The Balaban J connectivity index is 2.29. The summed E-state index contributed by atoms with van der Waals surface area (Å²) in [7, 11) is 0. The van der Waals surface area contributed by atoms with Gasteiger partial charge in [0.25, 0.3) is 0 Å². The van der Waals surface area contributed by atoms with Crippen molar-refractivity contribution in [2.75, 3.05) is 0 Å². The van der Waals surface area contributed by atoms with Gasteiger partial charge in [-0.15, -0.1) is 0 Å². The van der Waals surface area contributed by atoms with E-state index in [1.807, 2.05) is 18.2 Å². The maximum Gasteiger partial charge on any atom is 0.153 e. The Morgan fingerprint density at radius 2 is 1.57 bits per heavy atom. The van der Waals surface area contributed by atoms with E-state index in [2.05, 4.69) is 0 Å². The quantitative estimate of drug-likeness (QED) is 0.508. The van der Waals surface area contributed by atoms with Crippen LogP contribution in [-0.2, 0) is 0 Å². The predicted molar refractivity (Wildman–Crippen MR) is 79.3 cm³/mol. The fraction of sp³-hybridized carbons (Fsp3) is 0. The van der Waals surface area contributed by atoms with Crippen molar-refractivity contribution in [3.8, 4) is 17.6 Å². The van der Waals surface area contributed by atoms with Crippen LogP contribution in [0.2, 0.25) is 0 Å². The summed E-state index contributed by atoms with van der Waals surface area (Å²) in [5.74, 6) is 0.177. The van der Waals surface area contributed by atoms with Crippen molar-refractivity contribution < 1.29 is 14.6 Å². The van der Waals surface area contributed by atoms with Gasteiger partial charge in [0, 0.05) is 22.2 Å². The summed E-state index contributed by atoms with van der Waals surface area (Å²) in [6.45, 7) is 0. The van der Waals surface area contributed by atoms with Gasteiger partial charge >= 0.3 is 0 Å². The van der Waals surface area contributed by atoms with E-state index < -0.39 is 0 Å². The van der Waals surface area contributed by atoms with Gasteiger partial charge < -0.3 is 14.6 Å². The third-order valence-corrected chi connectivity index (χ3v) is 3.64. The second kappa shape index (κ2) is 3.90. The summed E-state index contributed by atoms with van der Waals surface area (Å²) in [5, 5.41) is 31.8. The van der Waals surface area contributed by atoms with Crippen LogP contribution in [0, 0.1) is 11.3 Å². The lowest BCUT2D eigenvalue weighted by atomic mass is 10.0. The van der Waals surface area contributed by atoms with Crippen molar-refractivity contribution in [1.82, 2.24) is 0 Å². The molecule has 4 nitrogen and oxygen atoms in total. The van der Waals surface area contributed by atoms with Crippen molar-refractivity contribution in [2.24, 2.45) is 0 Å². The first-order valence-electron chi connectivity index (χ1n) is 6.38. The van der Waals surface area contributed by atoms with E-state index in [-0.39, 0.29) is 17.1 Å². The van der Waals surface area contributed by atoms with Gasteiger partial charge in [-0.05, 0) is 29.7 Å². The minimum absolute atomic E-state index is 0.0257. The Morgan fingerprint density at radius 3 is 2.38 bits per heavy atom. The highest BCUT2D eigenvalue weighted by Crippen LogP contribution is 2.37. The number of furan rings is 1. The predicted octanol–water partition coefficient (Wildman–Crippen LogP) is 4.02. The van der Waals surface area contributed by atoms with Gasteiger partial charge in [0.2, 0.25) is 0 Å². The number of nitriles is 1. The zero-order chi connectivity index (χ0) is 14.6. The summed E-state index contributed by atoms with van der Waals surface area (Å²) >= 11 is 0. The molecule has 1 heterocycles. The Hall–Kier alpha value is -3.19. The normalized spacial score (nSPS) is 11.2. The first kappa shape index (κ1) is 11.6. The molecule has 0 saturated heterocycles. The minimum Gasteiger partial charge on any atom is -0.508 e. The van der Waals surface area contributed by atoms with E-state index in [0.29, 0.717) is 16.6 Å². The van der Waals surface area contributed by atoms with Gasteiger partial charge in [-0.25, -0.2) is 0 Å². The SMILES string of the molecule is N#Cc1cc(O)cc2c1oc1c3cc(O)ccc3ccc21. The van der Waals surface area contributed by atoms with E-state index in [1.165, 1.54) is 6.07 Å². The highest BCUT2D eigenvalue weighted by Gasteiger charge is 2.14. The summed E-state index contributed by atoms with van der Waals surface area (Å²) < 4.78 is 5.85. The molecule has 0 atom stereocenters. The fourth-order valence-electron chi connectivity index (χ4n) is 2.71. The van der Waals surface area contributed by atoms with Crippen LogP contribution in [0.5, 0.6) is 11.5 Å². The average Bonchev–Trinajstić information content (AvgIpc) is 2.85. The van der Waals surface area contributed by atoms with Gasteiger partial charge in [-0.3, -0.25) is 0 Å². The lowest BCUT2D eigenvalue weighted by Crippen LogP contribution is -1.75. The van der Waals surface area contributed by atoms with Crippen LogP contribution in [-0.4, -0.2) is 10.2 Å². The van der Waals surface area contributed by atoms with Crippen LogP contribution in [0.4, 0.5) is 0 Å². The number of hydrogen-bond acceptors (Lipinski definition) is 4. The molecule has 0 saturated carbocycles. The monoisotopic (exact) mass is 275 g/mol. The Bertz CT molecular complexity index is 1070. The zero-order valence-corrected chi connectivity index (χ0v) is 10.8. The van der Waals surface area contributed by atoms with Gasteiger partial charge in [-0.2, -0.15) is 5.26 Å². The number of rotatable bonds is 0. The molecule has 1 aromatic heterocycles. The Labute approximate surface area is 119 Å². The molecule has 0 bridgehead atoms. The molecule has 4 heteroatoms. The highest BCUT2D eigenvalue weighted by molar-refractivity contribution is 6.16. The number of benzene rings is 3. The Kier molecular flexibility index (Phi) is 2.16. The van der Waals surface area contributed by atoms with Crippen molar-refractivity contribution in [1.29, 1.82) is 5.26 Å². The molecular weight excluding hydrogens is 266 g/mol. The molecule has 2 N–H and O–H groups in total. The van der Waals surface area contributed by atoms with Crippen molar-refractivity contribution >= 4 is 32.7 Å². The molecule has 0 aliphatic carbocycles. The molecule has 0 fully saturated rings. The Morgan fingerprint density at radius 1 is 0.810 bits per heavy atom. The average molecular weight is 275 g/mol. The summed E-state index contributed by atoms with van der Waals surface area (Å²) in [4.78, 5) is 0. The molecule has 21 heavy (non-hydrogen) atoms. The van der Waals surface area contributed by atoms with Crippen molar-refractivity contribution in [2.45, 2.75) is 0 Å².